The van der Waals surface area contributed by atoms with Crippen LogP contribution in [0, 0.1) is 5.92 Å². The van der Waals surface area contributed by atoms with Crippen molar-refractivity contribution in [2.75, 3.05) is 32.6 Å². The highest BCUT2D eigenvalue weighted by atomic mass is 35.5. The number of piperidine rings is 1. The molecule has 0 aromatic heterocycles. The first-order chi connectivity index (χ1) is 9.31. The molecule has 0 radical (unpaired) electrons. The summed E-state index contributed by atoms with van der Waals surface area (Å²) in [5, 5.41) is 0. The van der Waals surface area contributed by atoms with Crippen molar-refractivity contribution in [2.45, 2.75) is 25.7 Å². The van der Waals surface area contributed by atoms with E-state index in [1.54, 1.807) is 7.11 Å². The van der Waals surface area contributed by atoms with Gasteiger partial charge in [-0.2, -0.15) is 0 Å². The lowest BCUT2D eigenvalue weighted by atomic mass is 9.95. The molecule has 3 heteroatoms. The number of rotatable bonds is 6. The monoisotopic (exact) mass is 281 g/mol. The van der Waals surface area contributed by atoms with Crippen LogP contribution in [0.4, 0.5) is 0 Å². The summed E-state index contributed by atoms with van der Waals surface area (Å²) in [5.74, 6) is 2.54. The van der Waals surface area contributed by atoms with Gasteiger partial charge < -0.3 is 9.64 Å². The molecule has 1 unspecified atom stereocenters. The van der Waals surface area contributed by atoms with Crippen LogP contribution in [-0.2, 0) is 6.42 Å². The molecule has 1 aromatic carbocycles. The number of nitrogens with zero attached hydrogens (tertiary/aromatic N) is 1. The maximum absolute atomic E-state index is 5.85. The van der Waals surface area contributed by atoms with Crippen molar-refractivity contribution in [1.82, 2.24) is 4.90 Å². The Hall–Kier alpha value is -0.730. The van der Waals surface area contributed by atoms with E-state index in [2.05, 4.69) is 17.0 Å². The normalized spacial score (nSPS) is 20.4. The Kier molecular flexibility index (Phi) is 5.99. The van der Waals surface area contributed by atoms with Crippen molar-refractivity contribution in [3.8, 4) is 5.75 Å². The fraction of sp³-hybridized carbons (Fsp3) is 0.625. The topological polar surface area (TPSA) is 12.5 Å². The standard InChI is InChI=1S/C16H24ClNO/c1-19-16-6-4-14(5-7-16)9-12-18-11-2-3-15(13-18)8-10-17/h4-7,15H,2-3,8-13H2,1H3. The number of hydrogen-bond donors (Lipinski definition) is 0. The molecule has 0 N–H and O–H groups in total. The van der Waals surface area contributed by atoms with Gasteiger partial charge in [-0.05, 0) is 55.8 Å². The van der Waals surface area contributed by atoms with Gasteiger partial charge in [-0.15, -0.1) is 11.6 Å². The van der Waals surface area contributed by atoms with Crippen molar-refractivity contribution in [1.29, 1.82) is 0 Å². The van der Waals surface area contributed by atoms with E-state index in [9.17, 15) is 0 Å². The van der Waals surface area contributed by atoms with E-state index < -0.39 is 0 Å². The highest BCUT2D eigenvalue weighted by molar-refractivity contribution is 6.17. The van der Waals surface area contributed by atoms with Crippen molar-refractivity contribution < 1.29 is 4.74 Å². The fourth-order valence-electron chi connectivity index (χ4n) is 2.82. The summed E-state index contributed by atoms with van der Waals surface area (Å²) >= 11 is 5.85. The number of ether oxygens (including phenoxy) is 1. The van der Waals surface area contributed by atoms with E-state index in [1.165, 1.54) is 37.9 Å². The molecular weight excluding hydrogens is 258 g/mol. The summed E-state index contributed by atoms with van der Waals surface area (Å²) in [6, 6.07) is 8.42. The molecular formula is C16H24ClNO. The van der Waals surface area contributed by atoms with Crippen LogP contribution in [0.5, 0.6) is 5.75 Å². The van der Waals surface area contributed by atoms with Gasteiger partial charge >= 0.3 is 0 Å². The largest absolute Gasteiger partial charge is 0.497 e. The second-order valence-corrected chi connectivity index (χ2v) is 5.76. The Bertz CT molecular complexity index is 364. The minimum absolute atomic E-state index is 0.803. The molecule has 1 saturated heterocycles. The van der Waals surface area contributed by atoms with Gasteiger partial charge in [-0.1, -0.05) is 12.1 Å². The quantitative estimate of drug-likeness (QED) is 0.739. The zero-order chi connectivity index (χ0) is 13.5. The molecule has 106 valence electrons. The zero-order valence-electron chi connectivity index (χ0n) is 11.8. The predicted octanol–water partition coefficient (Wildman–Crippen LogP) is 3.58. The van der Waals surface area contributed by atoms with Crippen LogP contribution in [0.15, 0.2) is 24.3 Å². The van der Waals surface area contributed by atoms with Crippen LogP contribution in [0.25, 0.3) is 0 Å². The maximum Gasteiger partial charge on any atom is 0.118 e. The van der Waals surface area contributed by atoms with E-state index >= 15 is 0 Å². The summed E-state index contributed by atoms with van der Waals surface area (Å²) < 4.78 is 5.18. The number of likely N-dealkylation sites (tertiary alicyclic amines) is 1. The second-order valence-electron chi connectivity index (χ2n) is 5.38. The first kappa shape index (κ1) is 14.7. The Morgan fingerprint density at radius 3 is 2.79 bits per heavy atom. The average molecular weight is 282 g/mol. The third kappa shape index (κ3) is 4.70. The smallest absolute Gasteiger partial charge is 0.118 e. The van der Waals surface area contributed by atoms with Crippen LogP contribution < -0.4 is 4.74 Å². The van der Waals surface area contributed by atoms with Crippen molar-refractivity contribution >= 4 is 11.6 Å². The van der Waals surface area contributed by atoms with E-state index in [1.807, 2.05) is 12.1 Å². The molecule has 0 bridgehead atoms. The molecule has 1 fully saturated rings. The zero-order valence-corrected chi connectivity index (χ0v) is 12.5. The minimum atomic E-state index is 0.803. The molecule has 0 aliphatic carbocycles. The number of hydrogen-bond acceptors (Lipinski definition) is 2. The summed E-state index contributed by atoms with van der Waals surface area (Å²) in [7, 11) is 1.71. The molecule has 1 aromatic rings. The van der Waals surface area contributed by atoms with Crippen LogP contribution in [0.3, 0.4) is 0 Å². The summed E-state index contributed by atoms with van der Waals surface area (Å²) in [4.78, 5) is 2.59. The number of alkyl halides is 1. The van der Waals surface area contributed by atoms with Crippen LogP contribution in [0.2, 0.25) is 0 Å². The second kappa shape index (κ2) is 7.76. The lowest BCUT2D eigenvalue weighted by Crippen LogP contribution is -2.36. The number of benzene rings is 1. The lowest BCUT2D eigenvalue weighted by molar-refractivity contribution is 0.174. The van der Waals surface area contributed by atoms with E-state index in [0.717, 1.165) is 30.5 Å². The predicted molar refractivity (Wildman–Crippen MR) is 81.2 cm³/mol. The van der Waals surface area contributed by atoms with E-state index in [0.29, 0.717) is 0 Å². The molecule has 1 aliphatic rings. The van der Waals surface area contributed by atoms with Gasteiger partial charge in [0, 0.05) is 19.0 Å². The lowest BCUT2D eigenvalue weighted by Gasteiger charge is -2.32. The molecule has 19 heavy (non-hydrogen) atoms. The van der Waals surface area contributed by atoms with E-state index in [4.69, 9.17) is 16.3 Å². The van der Waals surface area contributed by atoms with Crippen molar-refractivity contribution in [2.24, 2.45) is 5.92 Å². The molecule has 0 spiro atoms. The molecule has 1 aliphatic heterocycles. The Morgan fingerprint density at radius 2 is 2.11 bits per heavy atom. The Morgan fingerprint density at radius 1 is 1.32 bits per heavy atom. The van der Waals surface area contributed by atoms with E-state index in [-0.39, 0.29) is 0 Å². The fourth-order valence-corrected chi connectivity index (χ4v) is 3.13. The summed E-state index contributed by atoms with van der Waals surface area (Å²) in [6.45, 7) is 3.63. The molecule has 1 atom stereocenters. The molecule has 0 amide bonds. The van der Waals surface area contributed by atoms with Gasteiger partial charge in [0.15, 0.2) is 0 Å². The van der Waals surface area contributed by atoms with Gasteiger partial charge in [0.2, 0.25) is 0 Å². The van der Waals surface area contributed by atoms with Gasteiger partial charge in [-0.25, -0.2) is 0 Å². The Labute approximate surface area is 121 Å². The SMILES string of the molecule is COc1ccc(CCN2CCCC(CCCl)C2)cc1. The van der Waals surface area contributed by atoms with Crippen molar-refractivity contribution in [3.63, 3.8) is 0 Å². The molecule has 2 nitrogen and oxygen atoms in total. The maximum atomic E-state index is 5.85. The molecule has 1 heterocycles. The van der Waals surface area contributed by atoms with Crippen LogP contribution in [-0.4, -0.2) is 37.5 Å². The van der Waals surface area contributed by atoms with Gasteiger partial charge in [-0.3, -0.25) is 0 Å². The summed E-state index contributed by atoms with van der Waals surface area (Å²) in [6.07, 6.45) is 4.97. The van der Waals surface area contributed by atoms with Gasteiger partial charge in [0.1, 0.15) is 5.75 Å². The first-order valence-corrected chi connectivity index (χ1v) is 7.76. The average Bonchev–Trinajstić information content (AvgIpc) is 2.46. The minimum Gasteiger partial charge on any atom is -0.497 e. The first-order valence-electron chi connectivity index (χ1n) is 7.23. The number of methoxy groups -OCH3 is 1. The van der Waals surface area contributed by atoms with Crippen LogP contribution >= 0.6 is 11.6 Å². The summed E-state index contributed by atoms with van der Waals surface area (Å²) in [5.41, 5.74) is 1.39. The third-order valence-corrected chi connectivity index (χ3v) is 4.21. The van der Waals surface area contributed by atoms with Crippen LogP contribution in [0.1, 0.15) is 24.8 Å². The third-order valence-electron chi connectivity index (χ3n) is 4.00. The highest BCUT2D eigenvalue weighted by Crippen LogP contribution is 2.20. The highest BCUT2D eigenvalue weighted by Gasteiger charge is 2.18. The molecule has 0 saturated carbocycles. The molecule has 2 rings (SSSR count). The van der Waals surface area contributed by atoms with Crippen molar-refractivity contribution in [3.05, 3.63) is 29.8 Å². The Balaban J connectivity index is 1.77. The van der Waals surface area contributed by atoms with Gasteiger partial charge in [0.25, 0.3) is 0 Å². The number of halogens is 1. The van der Waals surface area contributed by atoms with Gasteiger partial charge in [0.05, 0.1) is 7.11 Å².